The van der Waals surface area contributed by atoms with Crippen LogP contribution in [-0.2, 0) is 23.4 Å². The third-order valence-electron chi connectivity index (χ3n) is 5.00. The number of carbonyl (C=O) groups excluding carboxylic acids is 1. The highest BCUT2D eigenvalue weighted by atomic mass is 31.2. The molecule has 5 atom stereocenters. The summed E-state index contributed by atoms with van der Waals surface area (Å²) in [5.41, 5.74) is 3.82. The number of rotatable bonds is 10. The highest BCUT2D eigenvalue weighted by Gasteiger charge is 2.60. The number of nitrogens with two attached hydrogens (primary N) is 1. The summed E-state index contributed by atoms with van der Waals surface area (Å²) in [5, 5.41) is 12.5. The summed E-state index contributed by atoms with van der Waals surface area (Å²) >= 11 is 0. The molecule has 2 aromatic rings. The Labute approximate surface area is 209 Å². The van der Waals surface area contributed by atoms with Crippen LogP contribution in [-0.4, -0.2) is 57.5 Å². The number of halogens is 3. The van der Waals surface area contributed by atoms with Crippen molar-refractivity contribution < 1.29 is 46.2 Å². The number of ether oxygens (including phenoxy) is 2. The minimum atomic E-state index is -4.48. The summed E-state index contributed by atoms with van der Waals surface area (Å²) in [6, 6.07) is 6.40. The van der Waals surface area contributed by atoms with Crippen molar-refractivity contribution in [2.24, 2.45) is 0 Å². The quantitative estimate of drug-likeness (QED) is 0.293. The van der Waals surface area contributed by atoms with Crippen molar-refractivity contribution in [3.8, 4) is 5.75 Å². The van der Waals surface area contributed by atoms with Crippen molar-refractivity contribution in [3.05, 3.63) is 52.8 Å². The molecule has 0 radical (unpaired) electrons. The van der Waals surface area contributed by atoms with Crippen molar-refractivity contribution in [3.63, 3.8) is 0 Å². The number of nitrogen functional groups attached to an aromatic ring is 1. The van der Waals surface area contributed by atoms with Crippen molar-refractivity contribution in [2.45, 2.75) is 57.3 Å². The zero-order chi connectivity index (χ0) is 27.5. The van der Waals surface area contributed by atoms with E-state index in [0.29, 0.717) is 6.20 Å². The molecule has 1 aromatic heterocycles. The summed E-state index contributed by atoms with van der Waals surface area (Å²) in [7, 11) is -4.48. The molecule has 3 rings (SSSR count). The van der Waals surface area contributed by atoms with Gasteiger partial charge in [0, 0.05) is 0 Å². The lowest BCUT2D eigenvalue weighted by atomic mass is 10.1. The zero-order valence-corrected chi connectivity index (χ0v) is 20.8. The molecule has 1 aliphatic heterocycles. The Bertz CT molecular complexity index is 1220. The number of aliphatic hydroxyl groups is 1. The average Bonchev–Trinajstić information content (AvgIpc) is 3.03. The highest BCUT2D eigenvalue weighted by Crippen LogP contribution is 2.48. The first-order valence-electron chi connectivity index (χ1n) is 11.0. The lowest BCUT2D eigenvalue weighted by Crippen LogP contribution is -2.42. The van der Waals surface area contributed by atoms with E-state index in [1.807, 2.05) is 0 Å². The van der Waals surface area contributed by atoms with Gasteiger partial charge in [0.05, 0.1) is 18.9 Å². The van der Waals surface area contributed by atoms with E-state index in [9.17, 15) is 32.4 Å². The van der Waals surface area contributed by atoms with Gasteiger partial charge in [-0.1, -0.05) is 18.2 Å². The number of aromatic nitrogens is 2. The van der Waals surface area contributed by atoms with Crippen LogP contribution in [0.15, 0.2) is 41.3 Å². The second-order valence-corrected chi connectivity index (χ2v) is 10.0. The van der Waals surface area contributed by atoms with Gasteiger partial charge < -0.3 is 24.8 Å². The topological polar surface area (TPSA) is 164 Å². The van der Waals surface area contributed by atoms with E-state index < -0.39 is 74.2 Å². The third kappa shape index (κ3) is 6.67. The van der Waals surface area contributed by atoms with Crippen LogP contribution in [0, 0.1) is 5.82 Å². The fourth-order valence-electron chi connectivity index (χ4n) is 3.24. The van der Waals surface area contributed by atoms with Crippen LogP contribution in [0.25, 0.3) is 0 Å². The molecule has 1 fully saturated rings. The first-order valence-corrected chi connectivity index (χ1v) is 12.5. The van der Waals surface area contributed by atoms with Crippen molar-refractivity contribution in [1.82, 2.24) is 14.6 Å². The maximum atomic E-state index is 14.8. The molecule has 1 aromatic carbocycles. The molecular formula is C21H26F3N4O8P. The molecule has 0 aliphatic carbocycles. The molecular weight excluding hydrogens is 524 g/mol. The number of nitrogens with zero attached hydrogens (tertiary/aromatic N) is 2. The van der Waals surface area contributed by atoms with Crippen molar-refractivity contribution >= 4 is 19.5 Å². The summed E-state index contributed by atoms with van der Waals surface area (Å²) in [6.07, 6.45) is -7.03. The lowest BCUT2D eigenvalue weighted by molar-refractivity contribution is -0.149. The van der Waals surface area contributed by atoms with E-state index in [-0.39, 0.29) is 10.3 Å². The van der Waals surface area contributed by atoms with Gasteiger partial charge in [-0.3, -0.25) is 13.9 Å². The van der Waals surface area contributed by atoms with Gasteiger partial charge in [-0.05, 0) is 32.9 Å². The molecule has 0 saturated carbocycles. The number of para-hydroxylation sites is 1. The molecule has 1 saturated heterocycles. The minimum absolute atomic E-state index is 0.0498. The molecule has 204 valence electrons. The second-order valence-electron chi connectivity index (χ2n) is 8.34. The molecule has 1 aliphatic rings. The van der Waals surface area contributed by atoms with Gasteiger partial charge in [0.15, 0.2) is 17.7 Å². The van der Waals surface area contributed by atoms with E-state index in [1.165, 1.54) is 19.1 Å². The van der Waals surface area contributed by atoms with Gasteiger partial charge in [-0.25, -0.2) is 13.8 Å². The van der Waals surface area contributed by atoms with Gasteiger partial charge in [-0.15, -0.1) is 0 Å². The zero-order valence-electron chi connectivity index (χ0n) is 19.9. The Kier molecular flexibility index (Phi) is 8.65. The first kappa shape index (κ1) is 28.6. The predicted molar refractivity (Wildman–Crippen MR) is 122 cm³/mol. The van der Waals surface area contributed by atoms with Crippen LogP contribution in [0.1, 0.15) is 27.0 Å². The summed E-state index contributed by atoms with van der Waals surface area (Å²) in [5.74, 6) is -6.93. The smallest absolute Gasteiger partial charge is 0.459 e. The third-order valence-corrected chi connectivity index (χ3v) is 6.64. The minimum Gasteiger partial charge on any atom is -0.462 e. The lowest BCUT2D eigenvalue weighted by Gasteiger charge is -2.25. The maximum absolute atomic E-state index is 14.8. The van der Waals surface area contributed by atoms with Crippen LogP contribution in [0.3, 0.4) is 0 Å². The van der Waals surface area contributed by atoms with Gasteiger partial charge in [-0.2, -0.15) is 18.9 Å². The molecule has 0 bridgehead atoms. The van der Waals surface area contributed by atoms with Gasteiger partial charge in [0.2, 0.25) is 6.23 Å². The maximum Gasteiger partial charge on any atom is 0.459 e. The molecule has 1 unspecified atom stereocenters. The average molecular weight is 550 g/mol. The normalized spacial score (nSPS) is 23.4. The number of hydrogen-bond acceptors (Lipinski definition) is 10. The number of anilines is 1. The van der Waals surface area contributed by atoms with Crippen LogP contribution >= 0.6 is 7.75 Å². The Balaban J connectivity index is 1.81. The first-order chi connectivity index (χ1) is 17.2. The summed E-state index contributed by atoms with van der Waals surface area (Å²) < 4.78 is 77.8. The number of benzene rings is 1. The Morgan fingerprint density at radius 2 is 1.97 bits per heavy atom. The Morgan fingerprint density at radius 1 is 1.32 bits per heavy atom. The molecule has 37 heavy (non-hydrogen) atoms. The fourth-order valence-corrected chi connectivity index (χ4v) is 4.74. The van der Waals surface area contributed by atoms with Crippen LogP contribution < -0.4 is 21.0 Å². The van der Waals surface area contributed by atoms with Crippen LogP contribution in [0.4, 0.5) is 19.0 Å². The van der Waals surface area contributed by atoms with Crippen LogP contribution in [0.5, 0.6) is 5.75 Å². The summed E-state index contributed by atoms with van der Waals surface area (Å²) in [4.78, 5) is 27.3. The molecule has 0 spiro atoms. The molecule has 12 nitrogen and oxygen atoms in total. The van der Waals surface area contributed by atoms with Crippen molar-refractivity contribution in [1.29, 1.82) is 0 Å². The Hall–Kier alpha value is -2.97. The Morgan fingerprint density at radius 3 is 2.59 bits per heavy atom. The second kappa shape index (κ2) is 11.2. The van der Waals surface area contributed by atoms with Crippen LogP contribution in [0.2, 0.25) is 0 Å². The molecule has 0 amide bonds. The standard InChI is InChI=1S/C21H26F3N4O8P/c1-11(2)34-18(30)12(3)27-37(32,36-13-7-5-4-6-8-13)33-10-15-16(29)21(23,24)19(35-15)28-9-14(22)17(25)26-20(28)31/h4-9,11-12,15-16,19,29H,10H2,1-3H3,(H,27,32)(H2,25,26,31)/t12-,15+,16+,19+,37?/m0/s1. The van der Waals surface area contributed by atoms with Gasteiger partial charge >= 0.3 is 25.3 Å². The van der Waals surface area contributed by atoms with E-state index in [1.54, 1.807) is 32.0 Å². The number of aliphatic hydroxyl groups excluding tert-OH is 1. The summed E-state index contributed by atoms with van der Waals surface area (Å²) in [6.45, 7) is 3.57. The number of hydrogen-bond donors (Lipinski definition) is 3. The SMILES string of the molecule is CC(C)OC(=O)[C@H](C)NP(=O)(OC[C@H]1O[C@@H](n2cc(F)c(N)nc2=O)C(F)(F)[C@@H]1O)Oc1ccccc1. The van der Waals surface area contributed by atoms with E-state index in [4.69, 9.17) is 24.3 Å². The number of carbonyl (C=O) groups is 1. The fraction of sp³-hybridized carbons (Fsp3) is 0.476. The number of esters is 1. The molecule has 16 heteroatoms. The van der Waals surface area contributed by atoms with Gasteiger partial charge in [0.1, 0.15) is 17.9 Å². The molecule has 2 heterocycles. The van der Waals surface area contributed by atoms with Gasteiger partial charge in [0.25, 0.3) is 0 Å². The number of alkyl halides is 2. The van der Waals surface area contributed by atoms with E-state index >= 15 is 0 Å². The van der Waals surface area contributed by atoms with E-state index in [0.717, 1.165) is 0 Å². The highest BCUT2D eigenvalue weighted by molar-refractivity contribution is 7.52. The molecule has 4 N–H and O–H groups in total. The largest absolute Gasteiger partial charge is 0.462 e. The van der Waals surface area contributed by atoms with E-state index in [2.05, 4.69) is 10.1 Å². The van der Waals surface area contributed by atoms with Crippen molar-refractivity contribution in [2.75, 3.05) is 12.3 Å². The number of nitrogens with one attached hydrogen (secondary N) is 1. The predicted octanol–water partition coefficient (Wildman–Crippen LogP) is 1.99. The monoisotopic (exact) mass is 550 g/mol.